The van der Waals surface area contributed by atoms with Gasteiger partial charge in [-0.15, -0.1) is 76.3 Å². The molecule has 0 amide bonds. The Hall–Kier alpha value is -5.02. The monoisotopic (exact) mass is 811 g/mol. The fourth-order valence-electron chi connectivity index (χ4n) is 6.02. The number of aromatic nitrogens is 3. The van der Waals surface area contributed by atoms with Crippen molar-refractivity contribution in [1.29, 1.82) is 0 Å². The minimum absolute atomic E-state index is 0. The zero-order valence-corrected chi connectivity index (χ0v) is 29.7. The van der Waals surface area contributed by atoms with Gasteiger partial charge in [-0.2, -0.15) is 29.8 Å². The Morgan fingerprint density at radius 2 is 0.857 bits per heavy atom. The largest absolute Gasteiger partial charge is 3.00 e. The first-order valence-corrected chi connectivity index (χ1v) is 16.6. The molecule has 0 spiro atoms. The van der Waals surface area contributed by atoms with Crippen LogP contribution in [0, 0.1) is 18.2 Å². The summed E-state index contributed by atoms with van der Waals surface area (Å²) in [5.41, 5.74) is 13.9. The van der Waals surface area contributed by atoms with E-state index < -0.39 is 0 Å². The number of nitrogens with zero attached hydrogens (tertiary/aromatic N) is 3. The maximum Gasteiger partial charge on any atom is 3.00 e. The predicted octanol–water partition coefficient (Wildman–Crippen LogP) is 9.63. The van der Waals surface area contributed by atoms with Crippen LogP contribution in [0.2, 0.25) is 0 Å². The molecule has 0 fully saturated rings. The van der Waals surface area contributed by atoms with Gasteiger partial charge in [0.15, 0.2) is 0 Å². The molecule has 0 N–H and O–H groups in total. The van der Waals surface area contributed by atoms with Crippen LogP contribution in [0.4, 0.5) is 0 Å². The van der Waals surface area contributed by atoms with Gasteiger partial charge >= 0.3 is 20.1 Å². The smallest absolute Gasteiger partial charge is 0.305 e. The Labute approximate surface area is 303 Å². The Bertz CT molecular complexity index is 1770. The molecule has 0 atom stereocenters. The number of rotatable bonds is 12. The van der Waals surface area contributed by atoms with Gasteiger partial charge in [0, 0.05) is 24.3 Å². The predicted molar refractivity (Wildman–Crippen MR) is 194 cm³/mol. The van der Waals surface area contributed by atoms with E-state index in [1.54, 1.807) is 0 Å². The van der Waals surface area contributed by atoms with Crippen LogP contribution in [0.5, 0.6) is 0 Å². The average Bonchev–Trinajstić information content (AvgIpc) is 3.17. The molecule has 0 radical (unpaired) electrons. The molecule has 3 heterocycles. The molecule has 0 saturated heterocycles. The summed E-state index contributed by atoms with van der Waals surface area (Å²) in [4.78, 5) is 13.4. The molecule has 240 valence electrons. The summed E-state index contributed by atoms with van der Waals surface area (Å²) >= 11 is 0. The number of aryl methyl sites for hydroxylation is 6. The van der Waals surface area contributed by atoms with Crippen molar-refractivity contribution in [2.45, 2.75) is 38.5 Å². The number of hydrogen-bond donors (Lipinski definition) is 0. The van der Waals surface area contributed by atoms with Gasteiger partial charge in [0.1, 0.15) is 0 Å². The van der Waals surface area contributed by atoms with E-state index in [0.717, 1.165) is 72.3 Å². The fourth-order valence-corrected chi connectivity index (χ4v) is 6.02. The maximum atomic E-state index is 4.48. The van der Waals surface area contributed by atoms with Crippen molar-refractivity contribution in [2.75, 3.05) is 0 Å². The molecular formula is C45H36IrN3. The van der Waals surface area contributed by atoms with E-state index >= 15 is 0 Å². The van der Waals surface area contributed by atoms with Gasteiger partial charge in [0.05, 0.1) is 0 Å². The van der Waals surface area contributed by atoms with Crippen molar-refractivity contribution in [3.05, 3.63) is 198 Å². The maximum absolute atomic E-state index is 4.48. The van der Waals surface area contributed by atoms with Crippen LogP contribution in [0.15, 0.2) is 146 Å². The second-order valence-corrected chi connectivity index (χ2v) is 12.1. The van der Waals surface area contributed by atoms with Crippen LogP contribution < -0.4 is 0 Å². The molecule has 7 rings (SSSR count). The number of benzene rings is 4. The Balaban J connectivity index is 0.00000417. The van der Waals surface area contributed by atoms with Crippen LogP contribution >= 0.6 is 0 Å². The normalized spacial score (nSPS) is 10.8. The van der Waals surface area contributed by atoms with Gasteiger partial charge in [-0.25, -0.2) is 0 Å². The topological polar surface area (TPSA) is 38.7 Å². The summed E-state index contributed by atoms with van der Waals surface area (Å²) in [5, 5.41) is 0. The van der Waals surface area contributed by atoms with E-state index in [4.69, 9.17) is 0 Å². The molecule has 7 aromatic rings. The molecule has 3 nitrogen and oxygen atoms in total. The van der Waals surface area contributed by atoms with Gasteiger partial charge in [-0.1, -0.05) is 61.4 Å². The van der Waals surface area contributed by atoms with Crippen molar-refractivity contribution < 1.29 is 20.1 Å². The molecule has 0 bridgehead atoms. The second kappa shape index (κ2) is 16.9. The summed E-state index contributed by atoms with van der Waals surface area (Å²) in [5.74, 6) is 0. The first-order chi connectivity index (χ1) is 23.7. The van der Waals surface area contributed by atoms with Crippen LogP contribution in [0.3, 0.4) is 0 Å². The molecule has 3 aromatic heterocycles. The van der Waals surface area contributed by atoms with E-state index in [9.17, 15) is 0 Å². The molecule has 0 aliphatic rings. The quantitative estimate of drug-likeness (QED) is 0.116. The number of hydrogen-bond acceptors (Lipinski definition) is 3. The van der Waals surface area contributed by atoms with Crippen molar-refractivity contribution in [1.82, 2.24) is 15.0 Å². The van der Waals surface area contributed by atoms with E-state index in [2.05, 4.69) is 106 Å². The van der Waals surface area contributed by atoms with E-state index in [0.29, 0.717) is 0 Å². The Kier molecular flexibility index (Phi) is 11.7. The summed E-state index contributed by atoms with van der Waals surface area (Å²) in [6.07, 6.45) is 11.3. The van der Waals surface area contributed by atoms with Gasteiger partial charge in [0.25, 0.3) is 0 Å². The van der Waals surface area contributed by atoms with E-state index in [1.807, 2.05) is 73.2 Å². The fraction of sp³-hybridized carbons (Fsp3) is 0.133. The summed E-state index contributed by atoms with van der Waals surface area (Å²) < 4.78 is 0. The molecule has 0 aliphatic carbocycles. The minimum Gasteiger partial charge on any atom is -0.305 e. The summed E-state index contributed by atoms with van der Waals surface area (Å²) in [7, 11) is 0. The van der Waals surface area contributed by atoms with Crippen LogP contribution in [-0.2, 0) is 58.6 Å². The molecule has 4 heteroatoms. The summed E-state index contributed by atoms with van der Waals surface area (Å²) in [6.45, 7) is 0. The van der Waals surface area contributed by atoms with Gasteiger partial charge in [0.2, 0.25) is 0 Å². The molecular weight excluding hydrogens is 775 g/mol. The van der Waals surface area contributed by atoms with Crippen molar-refractivity contribution >= 4 is 0 Å². The zero-order valence-electron chi connectivity index (χ0n) is 27.3. The Morgan fingerprint density at radius 1 is 0.388 bits per heavy atom. The molecule has 0 saturated carbocycles. The first-order valence-electron chi connectivity index (χ1n) is 16.6. The SMILES string of the molecule is [Ir+3].[c-]1cc(-c2ccccn2)ccc1CCc1cc(CCc2c[c-]c(-c3ccccn3)cc2)cc(CCc2c[c-]c(-c3ccccn3)cc2)c1. The second-order valence-electron chi connectivity index (χ2n) is 12.1. The third-order valence-corrected chi connectivity index (χ3v) is 8.67. The Morgan fingerprint density at radius 3 is 1.27 bits per heavy atom. The van der Waals surface area contributed by atoms with Crippen molar-refractivity contribution in [3.8, 4) is 33.8 Å². The minimum atomic E-state index is 0. The third-order valence-electron chi connectivity index (χ3n) is 8.67. The zero-order chi connectivity index (χ0) is 32.4. The summed E-state index contributed by atoms with van der Waals surface area (Å²) in [6, 6.07) is 54.8. The van der Waals surface area contributed by atoms with Crippen LogP contribution in [-0.4, -0.2) is 15.0 Å². The van der Waals surface area contributed by atoms with E-state index in [-0.39, 0.29) is 20.1 Å². The van der Waals surface area contributed by atoms with Crippen molar-refractivity contribution in [2.24, 2.45) is 0 Å². The number of pyridine rings is 3. The van der Waals surface area contributed by atoms with Crippen LogP contribution in [0.25, 0.3) is 33.8 Å². The van der Waals surface area contributed by atoms with Gasteiger partial charge in [-0.3, -0.25) is 4.98 Å². The van der Waals surface area contributed by atoms with Gasteiger partial charge < -0.3 is 9.97 Å². The van der Waals surface area contributed by atoms with Crippen molar-refractivity contribution in [3.63, 3.8) is 0 Å². The molecule has 4 aromatic carbocycles. The van der Waals surface area contributed by atoms with Crippen LogP contribution in [0.1, 0.15) is 33.4 Å². The molecule has 0 aliphatic heterocycles. The molecule has 0 unspecified atom stereocenters. The first kappa shape index (κ1) is 33.9. The molecule has 49 heavy (non-hydrogen) atoms. The van der Waals surface area contributed by atoms with Gasteiger partial charge in [-0.05, 0) is 78.0 Å². The van der Waals surface area contributed by atoms with E-state index in [1.165, 1.54) is 33.4 Å². The average molecular weight is 811 g/mol. The standard InChI is InChI=1S/C45H36N3.Ir/c1-4-28-46-43(7-1)40-22-16-34(17-23-40)10-13-37-31-38(14-11-35-18-24-41(25-19-35)44-8-2-5-29-47-44)33-39(32-37)15-12-36-20-26-42(27-21-36)45-9-3-6-30-48-45;/h1-9,16-20,22,24,26-33H,10-15H2;/q-3;+3. The third kappa shape index (κ3) is 9.32.